The van der Waals surface area contributed by atoms with Crippen LogP contribution in [0.2, 0.25) is 5.02 Å². The number of aliphatic hydroxyl groups excluding tert-OH is 1. The van der Waals surface area contributed by atoms with E-state index in [9.17, 15) is 9.50 Å². The maximum absolute atomic E-state index is 13.2. The third kappa shape index (κ3) is 2.60. The first-order valence-corrected chi connectivity index (χ1v) is 6.67. The van der Waals surface area contributed by atoms with Crippen molar-refractivity contribution >= 4 is 22.6 Å². The second kappa shape index (κ2) is 5.39. The normalized spacial score (nSPS) is 12.6. The highest BCUT2D eigenvalue weighted by molar-refractivity contribution is 6.30. The molecule has 0 spiro atoms. The van der Waals surface area contributed by atoms with Crippen LogP contribution in [0.3, 0.4) is 0 Å². The van der Waals surface area contributed by atoms with Gasteiger partial charge in [-0.3, -0.25) is 0 Å². The van der Waals surface area contributed by atoms with Crippen LogP contribution in [-0.4, -0.2) is 12.2 Å². The maximum Gasteiger partial charge on any atom is 0.140 e. The Morgan fingerprint density at radius 2 is 2.00 bits per heavy atom. The number of hydrogen-bond donors (Lipinski definition) is 1. The molecular weight excluding hydrogens is 295 g/mol. The third-order valence-electron chi connectivity index (χ3n) is 3.26. The summed E-state index contributed by atoms with van der Waals surface area (Å²) in [6.07, 6.45) is -1.02. The van der Waals surface area contributed by atoms with E-state index in [0.29, 0.717) is 33.1 Å². The Hall–Kier alpha value is -2.04. The average molecular weight is 307 g/mol. The third-order valence-corrected chi connectivity index (χ3v) is 3.49. The van der Waals surface area contributed by atoms with Crippen molar-refractivity contribution in [1.82, 2.24) is 0 Å². The molecule has 0 aliphatic carbocycles. The highest BCUT2D eigenvalue weighted by Crippen LogP contribution is 2.34. The summed E-state index contributed by atoms with van der Waals surface area (Å²) in [5.74, 6) is 0.422. The lowest BCUT2D eigenvalue weighted by atomic mass is 10.1. The fourth-order valence-corrected chi connectivity index (χ4v) is 2.40. The fraction of sp³-hybridized carbons (Fsp3) is 0.125. The SMILES string of the molecule is COc1cc(Cl)ccc1C(O)c1cc2cc(F)ccc2o1. The lowest BCUT2D eigenvalue weighted by Crippen LogP contribution is -2.01. The van der Waals surface area contributed by atoms with Crippen LogP contribution in [-0.2, 0) is 0 Å². The summed E-state index contributed by atoms with van der Waals surface area (Å²) >= 11 is 5.90. The predicted octanol–water partition coefficient (Wildman–Crippen LogP) is 4.32. The molecule has 0 aliphatic rings. The molecule has 108 valence electrons. The molecule has 5 heteroatoms. The van der Waals surface area contributed by atoms with Crippen molar-refractivity contribution in [1.29, 1.82) is 0 Å². The monoisotopic (exact) mass is 306 g/mol. The van der Waals surface area contributed by atoms with Crippen LogP contribution < -0.4 is 4.74 Å². The number of rotatable bonds is 3. The molecule has 1 aromatic heterocycles. The van der Waals surface area contributed by atoms with E-state index < -0.39 is 6.10 Å². The number of methoxy groups -OCH3 is 1. The molecule has 0 bridgehead atoms. The van der Waals surface area contributed by atoms with Crippen molar-refractivity contribution in [3.05, 3.63) is 64.6 Å². The van der Waals surface area contributed by atoms with Crippen molar-refractivity contribution in [2.24, 2.45) is 0 Å². The molecular formula is C16H12ClFO3. The topological polar surface area (TPSA) is 42.6 Å². The molecule has 2 aromatic carbocycles. The Morgan fingerprint density at radius 1 is 1.19 bits per heavy atom. The van der Waals surface area contributed by atoms with E-state index in [2.05, 4.69) is 0 Å². The van der Waals surface area contributed by atoms with Gasteiger partial charge in [0.15, 0.2) is 0 Å². The second-order valence-corrected chi connectivity index (χ2v) is 5.06. The number of aliphatic hydroxyl groups is 1. The molecule has 0 radical (unpaired) electrons. The first-order chi connectivity index (χ1) is 10.1. The lowest BCUT2D eigenvalue weighted by Gasteiger charge is -2.13. The number of halogens is 2. The van der Waals surface area contributed by atoms with Gasteiger partial charge in [0.1, 0.15) is 29.0 Å². The molecule has 3 aromatic rings. The molecule has 3 rings (SSSR count). The summed E-state index contributed by atoms with van der Waals surface area (Å²) in [7, 11) is 1.50. The molecule has 0 saturated heterocycles. The molecule has 3 nitrogen and oxygen atoms in total. The maximum atomic E-state index is 13.2. The van der Waals surface area contributed by atoms with Crippen molar-refractivity contribution in [2.45, 2.75) is 6.10 Å². The Kier molecular flexibility index (Phi) is 3.57. The van der Waals surface area contributed by atoms with Gasteiger partial charge in [-0.15, -0.1) is 0 Å². The first kappa shape index (κ1) is 13.9. The fourth-order valence-electron chi connectivity index (χ4n) is 2.23. The summed E-state index contributed by atoms with van der Waals surface area (Å²) in [5, 5.41) is 11.6. The second-order valence-electron chi connectivity index (χ2n) is 4.62. The van der Waals surface area contributed by atoms with E-state index in [0.717, 1.165) is 0 Å². The van der Waals surface area contributed by atoms with Gasteiger partial charge in [0.05, 0.1) is 7.11 Å². The van der Waals surface area contributed by atoms with E-state index in [1.165, 1.54) is 25.3 Å². The van der Waals surface area contributed by atoms with Crippen LogP contribution in [0, 0.1) is 5.82 Å². The number of benzene rings is 2. The van der Waals surface area contributed by atoms with Gasteiger partial charge in [0.2, 0.25) is 0 Å². The predicted molar refractivity (Wildman–Crippen MR) is 78.2 cm³/mol. The van der Waals surface area contributed by atoms with E-state index in [1.807, 2.05) is 0 Å². The molecule has 1 unspecified atom stereocenters. The van der Waals surface area contributed by atoms with Crippen LogP contribution in [0.15, 0.2) is 46.9 Å². The molecule has 0 amide bonds. The van der Waals surface area contributed by atoms with E-state index >= 15 is 0 Å². The van der Waals surface area contributed by atoms with Crippen molar-refractivity contribution in [3.8, 4) is 5.75 Å². The summed E-state index contributed by atoms with van der Waals surface area (Å²) in [5.41, 5.74) is 1.04. The van der Waals surface area contributed by atoms with E-state index in [4.69, 9.17) is 20.8 Å². The molecule has 1 N–H and O–H groups in total. The average Bonchev–Trinajstić information content (AvgIpc) is 2.89. The highest BCUT2D eigenvalue weighted by Gasteiger charge is 2.20. The summed E-state index contributed by atoms with van der Waals surface area (Å²) in [6, 6.07) is 10.7. The largest absolute Gasteiger partial charge is 0.496 e. The van der Waals surface area contributed by atoms with Gasteiger partial charge in [-0.2, -0.15) is 0 Å². The zero-order valence-corrected chi connectivity index (χ0v) is 11.9. The van der Waals surface area contributed by atoms with Gasteiger partial charge in [0, 0.05) is 16.0 Å². The number of ether oxygens (including phenoxy) is 1. The van der Waals surface area contributed by atoms with Crippen LogP contribution >= 0.6 is 11.6 Å². The molecule has 0 aliphatic heterocycles. The van der Waals surface area contributed by atoms with Gasteiger partial charge < -0.3 is 14.3 Å². The Balaban J connectivity index is 2.05. The lowest BCUT2D eigenvalue weighted by molar-refractivity contribution is 0.188. The van der Waals surface area contributed by atoms with Gasteiger partial charge in [-0.05, 0) is 36.4 Å². The Labute approximate surface area is 125 Å². The number of furan rings is 1. The molecule has 1 atom stereocenters. The minimum atomic E-state index is -1.02. The molecule has 0 fully saturated rings. The first-order valence-electron chi connectivity index (χ1n) is 6.29. The van der Waals surface area contributed by atoms with E-state index in [1.54, 1.807) is 24.3 Å². The smallest absolute Gasteiger partial charge is 0.140 e. The Morgan fingerprint density at radius 3 is 2.76 bits per heavy atom. The van der Waals surface area contributed by atoms with E-state index in [-0.39, 0.29) is 5.82 Å². The number of fused-ring (bicyclic) bond motifs is 1. The minimum absolute atomic E-state index is 0.316. The molecule has 1 heterocycles. The highest BCUT2D eigenvalue weighted by atomic mass is 35.5. The minimum Gasteiger partial charge on any atom is -0.496 e. The van der Waals surface area contributed by atoms with Crippen molar-refractivity contribution in [3.63, 3.8) is 0 Å². The van der Waals surface area contributed by atoms with Crippen molar-refractivity contribution in [2.75, 3.05) is 7.11 Å². The van der Waals surface area contributed by atoms with Crippen LogP contribution in [0.4, 0.5) is 4.39 Å². The standard InChI is InChI=1S/C16H12ClFO3/c1-20-14-8-10(17)2-4-12(14)16(19)15-7-9-6-11(18)3-5-13(9)21-15/h2-8,16,19H,1H3. The van der Waals surface area contributed by atoms with Gasteiger partial charge >= 0.3 is 0 Å². The zero-order valence-electron chi connectivity index (χ0n) is 11.1. The Bertz CT molecular complexity index is 797. The van der Waals surface area contributed by atoms with Crippen LogP contribution in [0.25, 0.3) is 11.0 Å². The molecule has 21 heavy (non-hydrogen) atoms. The van der Waals surface area contributed by atoms with Gasteiger partial charge in [-0.1, -0.05) is 17.7 Å². The van der Waals surface area contributed by atoms with Gasteiger partial charge in [0.25, 0.3) is 0 Å². The summed E-state index contributed by atoms with van der Waals surface area (Å²) in [6.45, 7) is 0. The quantitative estimate of drug-likeness (QED) is 0.784. The summed E-state index contributed by atoms with van der Waals surface area (Å²) < 4.78 is 24.0. The zero-order chi connectivity index (χ0) is 15.0. The van der Waals surface area contributed by atoms with Gasteiger partial charge in [-0.25, -0.2) is 4.39 Å². The summed E-state index contributed by atoms with van der Waals surface area (Å²) in [4.78, 5) is 0. The molecule has 0 saturated carbocycles. The van der Waals surface area contributed by atoms with Crippen LogP contribution in [0.1, 0.15) is 17.4 Å². The van der Waals surface area contributed by atoms with Crippen molar-refractivity contribution < 1.29 is 18.7 Å². The number of hydrogen-bond acceptors (Lipinski definition) is 3. The van der Waals surface area contributed by atoms with Crippen LogP contribution in [0.5, 0.6) is 5.75 Å².